The molecule has 1 heterocycles. The molecule has 0 aliphatic carbocycles. The maximum Gasteiger partial charge on any atom is 0.120 e. The van der Waals surface area contributed by atoms with Crippen LogP contribution < -0.4 is 15.8 Å². The van der Waals surface area contributed by atoms with Gasteiger partial charge in [0.25, 0.3) is 0 Å². The minimum Gasteiger partial charge on any atom is -0.497 e. The SMILES string of the molecule is COc1ccc(CNCc2ccc(Cl)s2)c(N)c1. The summed E-state index contributed by atoms with van der Waals surface area (Å²) in [6, 6.07) is 9.65. The lowest BCUT2D eigenvalue weighted by Crippen LogP contribution is -2.13. The summed E-state index contributed by atoms with van der Waals surface area (Å²) in [5.41, 5.74) is 7.75. The third-order valence-electron chi connectivity index (χ3n) is 2.60. The van der Waals surface area contributed by atoms with Crippen LogP contribution in [0.25, 0.3) is 0 Å². The van der Waals surface area contributed by atoms with E-state index in [0.29, 0.717) is 0 Å². The van der Waals surface area contributed by atoms with E-state index < -0.39 is 0 Å². The van der Waals surface area contributed by atoms with Crippen molar-refractivity contribution in [1.82, 2.24) is 5.32 Å². The van der Waals surface area contributed by atoms with E-state index in [2.05, 4.69) is 5.32 Å². The lowest BCUT2D eigenvalue weighted by atomic mass is 10.1. The van der Waals surface area contributed by atoms with Crippen LogP contribution in [0.15, 0.2) is 30.3 Å². The largest absolute Gasteiger partial charge is 0.497 e. The molecule has 3 nitrogen and oxygen atoms in total. The molecule has 0 amide bonds. The van der Waals surface area contributed by atoms with Crippen molar-refractivity contribution in [2.45, 2.75) is 13.1 Å². The van der Waals surface area contributed by atoms with Crippen molar-refractivity contribution in [3.63, 3.8) is 0 Å². The van der Waals surface area contributed by atoms with Crippen LogP contribution >= 0.6 is 22.9 Å². The van der Waals surface area contributed by atoms with Crippen LogP contribution in [0.4, 0.5) is 5.69 Å². The van der Waals surface area contributed by atoms with E-state index in [1.807, 2.05) is 30.3 Å². The Morgan fingerprint density at radius 2 is 2.11 bits per heavy atom. The number of halogens is 1. The van der Waals surface area contributed by atoms with E-state index in [-0.39, 0.29) is 0 Å². The van der Waals surface area contributed by atoms with Crippen LogP contribution in [0, 0.1) is 0 Å². The molecule has 96 valence electrons. The van der Waals surface area contributed by atoms with Gasteiger partial charge in [-0.2, -0.15) is 0 Å². The molecule has 0 atom stereocenters. The van der Waals surface area contributed by atoms with E-state index in [0.717, 1.165) is 34.4 Å². The van der Waals surface area contributed by atoms with Crippen LogP contribution in [0.5, 0.6) is 5.75 Å². The van der Waals surface area contributed by atoms with Gasteiger partial charge in [0, 0.05) is 29.7 Å². The van der Waals surface area contributed by atoms with Gasteiger partial charge in [0.05, 0.1) is 11.4 Å². The zero-order chi connectivity index (χ0) is 13.0. The van der Waals surface area contributed by atoms with Crippen molar-refractivity contribution in [2.75, 3.05) is 12.8 Å². The van der Waals surface area contributed by atoms with Crippen molar-refractivity contribution >= 4 is 28.6 Å². The van der Waals surface area contributed by atoms with Crippen molar-refractivity contribution in [3.8, 4) is 5.75 Å². The summed E-state index contributed by atoms with van der Waals surface area (Å²) in [6.45, 7) is 1.52. The number of hydrogen-bond acceptors (Lipinski definition) is 4. The first-order chi connectivity index (χ1) is 8.69. The standard InChI is InChI=1S/C13H15ClN2OS/c1-17-10-3-2-9(12(15)6-10)7-16-8-11-4-5-13(14)18-11/h2-6,16H,7-8,15H2,1H3. The average Bonchev–Trinajstić information content (AvgIpc) is 2.77. The predicted octanol–water partition coefficient (Wildman–Crippen LogP) is 3.28. The first-order valence-electron chi connectivity index (χ1n) is 5.56. The molecular formula is C13H15ClN2OS. The zero-order valence-electron chi connectivity index (χ0n) is 10.1. The van der Waals surface area contributed by atoms with Crippen molar-refractivity contribution in [1.29, 1.82) is 0 Å². The molecule has 0 saturated heterocycles. The molecule has 0 aliphatic rings. The fourth-order valence-electron chi connectivity index (χ4n) is 1.63. The summed E-state index contributed by atoms with van der Waals surface area (Å²) in [5, 5.41) is 3.34. The van der Waals surface area contributed by atoms with Gasteiger partial charge in [-0.1, -0.05) is 17.7 Å². The first-order valence-corrected chi connectivity index (χ1v) is 6.76. The number of methoxy groups -OCH3 is 1. The number of anilines is 1. The van der Waals surface area contributed by atoms with E-state index in [1.54, 1.807) is 18.4 Å². The Hall–Kier alpha value is -1.23. The van der Waals surface area contributed by atoms with Crippen LogP contribution in [-0.2, 0) is 13.1 Å². The van der Waals surface area contributed by atoms with Crippen molar-refractivity contribution in [2.24, 2.45) is 0 Å². The van der Waals surface area contributed by atoms with Gasteiger partial charge in [0.2, 0.25) is 0 Å². The fourth-order valence-corrected chi connectivity index (χ4v) is 2.69. The van der Waals surface area contributed by atoms with Crippen LogP contribution in [0.2, 0.25) is 4.34 Å². The number of thiophene rings is 1. The summed E-state index contributed by atoms with van der Waals surface area (Å²) >= 11 is 7.46. The van der Waals surface area contributed by atoms with Crippen molar-refractivity contribution < 1.29 is 4.74 Å². The summed E-state index contributed by atoms with van der Waals surface area (Å²) in [7, 11) is 1.63. The summed E-state index contributed by atoms with van der Waals surface area (Å²) in [6.07, 6.45) is 0. The topological polar surface area (TPSA) is 47.3 Å². The minimum absolute atomic E-state index is 0.728. The summed E-state index contributed by atoms with van der Waals surface area (Å²) in [5.74, 6) is 0.779. The molecule has 2 rings (SSSR count). The molecule has 0 fully saturated rings. The second-order valence-electron chi connectivity index (χ2n) is 3.87. The predicted molar refractivity (Wildman–Crippen MR) is 77.3 cm³/mol. The van der Waals surface area contributed by atoms with Crippen LogP contribution in [0.1, 0.15) is 10.4 Å². The Morgan fingerprint density at radius 1 is 1.28 bits per heavy atom. The first kappa shape index (κ1) is 13.2. The maximum absolute atomic E-state index is 5.94. The van der Waals surface area contributed by atoms with Gasteiger partial charge < -0.3 is 15.8 Å². The molecule has 0 radical (unpaired) electrons. The molecule has 18 heavy (non-hydrogen) atoms. The van der Waals surface area contributed by atoms with E-state index in [4.69, 9.17) is 22.1 Å². The second kappa shape index (κ2) is 6.09. The van der Waals surface area contributed by atoms with Crippen LogP contribution in [-0.4, -0.2) is 7.11 Å². The molecular weight excluding hydrogens is 268 g/mol. The highest BCUT2D eigenvalue weighted by molar-refractivity contribution is 7.16. The van der Waals surface area contributed by atoms with Gasteiger partial charge in [-0.25, -0.2) is 0 Å². The Morgan fingerprint density at radius 3 is 2.72 bits per heavy atom. The molecule has 1 aromatic heterocycles. The Bertz CT molecular complexity index is 527. The number of ether oxygens (including phenoxy) is 1. The number of hydrogen-bond donors (Lipinski definition) is 2. The number of nitrogens with two attached hydrogens (primary N) is 1. The number of nitrogens with one attached hydrogen (secondary N) is 1. The van der Waals surface area contributed by atoms with Gasteiger partial charge in [-0.15, -0.1) is 11.3 Å². The highest BCUT2D eigenvalue weighted by atomic mass is 35.5. The molecule has 0 unspecified atom stereocenters. The summed E-state index contributed by atoms with van der Waals surface area (Å²) < 4.78 is 5.93. The van der Waals surface area contributed by atoms with Gasteiger partial charge in [-0.05, 0) is 23.8 Å². The van der Waals surface area contributed by atoms with Crippen molar-refractivity contribution in [3.05, 3.63) is 45.1 Å². The average molecular weight is 283 g/mol. The van der Waals surface area contributed by atoms with Gasteiger partial charge >= 0.3 is 0 Å². The zero-order valence-corrected chi connectivity index (χ0v) is 11.6. The fraction of sp³-hybridized carbons (Fsp3) is 0.231. The molecule has 5 heteroatoms. The van der Waals surface area contributed by atoms with Crippen LogP contribution in [0.3, 0.4) is 0 Å². The molecule has 0 bridgehead atoms. The lowest BCUT2D eigenvalue weighted by Gasteiger charge is -2.08. The Kier molecular flexibility index (Phi) is 4.47. The van der Waals surface area contributed by atoms with E-state index in [9.17, 15) is 0 Å². The maximum atomic E-state index is 5.94. The Labute approximate surface area is 116 Å². The normalized spacial score (nSPS) is 10.6. The minimum atomic E-state index is 0.728. The van der Waals surface area contributed by atoms with E-state index >= 15 is 0 Å². The second-order valence-corrected chi connectivity index (χ2v) is 5.67. The lowest BCUT2D eigenvalue weighted by molar-refractivity contribution is 0.415. The Balaban J connectivity index is 1.90. The number of rotatable bonds is 5. The smallest absolute Gasteiger partial charge is 0.120 e. The molecule has 0 spiro atoms. The molecule has 1 aromatic carbocycles. The highest BCUT2D eigenvalue weighted by Crippen LogP contribution is 2.22. The quantitative estimate of drug-likeness (QED) is 0.828. The van der Waals surface area contributed by atoms with Gasteiger partial charge in [0.15, 0.2) is 0 Å². The summed E-state index contributed by atoms with van der Waals surface area (Å²) in [4.78, 5) is 1.21. The number of nitrogen functional groups attached to an aromatic ring is 1. The molecule has 0 saturated carbocycles. The molecule has 3 N–H and O–H groups in total. The monoisotopic (exact) mass is 282 g/mol. The third-order valence-corrected chi connectivity index (χ3v) is 3.83. The number of benzene rings is 1. The van der Waals surface area contributed by atoms with Gasteiger partial charge in [-0.3, -0.25) is 0 Å². The molecule has 0 aliphatic heterocycles. The van der Waals surface area contributed by atoms with Gasteiger partial charge in [0.1, 0.15) is 5.75 Å². The molecule has 2 aromatic rings. The van der Waals surface area contributed by atoms with E-state index in [1.165, 1.54) is 4.88 Å². The highest BCUT2D eigenvalue weighted by Gasteiger charge is 2.02. The third kappa shape index (κ3) is 3.38.